The standard InChI is InChI=1S/C7H17NO3S/c1-3-7(4-5-9)6-8-12(2,10)11/h7-9H,3-6H2,1-2H3. The number of hydrogen-bond acceptors (Lipinski definition) is 3. The molecule has 0 amide bonds. The molecule has 1 atom stereocenters. The number of hydrogen-bond donors (Lipinski definition) is 2. The second-order valence-corrected chi connectivity index (χ2v) is 4.74. The smallest absolute Gasteiger partial charge is 0.208 e. The van der Waals surface area contributed by atoms with Gasteiger partial charge in [0.2, 0.25) is 10.0 Å². The Hall–Kier alpha value is -0.130. The van der Waals surface area contributed by atoms with Crippen molar-refractivity contribution in [3.05, 3.63) is 0 Å². The molecule has 0 saturated carbocycles. The summed E-state index contributed by atoms with van der Waals surface area (Å²) >= 11 is 0. The molecule has 5 heteroatoms. The van der Waals surface area contributed by atoms with Crippen molar-refractivity contribution < 1.29 is 13.5 Å². The fraction of sp³-hybridized carbons (Fsp3) is 1.00. The lowest BCUT2D eigenvalue weighted by molar-refractivity contribution is 0.254. The molecule has 0 spiro atoms. The van der Waals surface area contributed by atoms with Gasteiger partial charge in [-0.3, -0.25) is 0 Å². The number of sulfonamides is 1. The lowest BCUT2D eigenvalue weighted by Crippen LogP contribution is -2.28. The highest BCUT2D eigenvalue weighted by Crippen LogP contribution is 2.05. The zero-order valence-electron chi connectivity index (χ0n) is 7.58. The number of aliphatic hydroxyl groups excluding tert-OH is 1. The van der Waals surface area contributed by atoms with Gasteiger partial charge in [0, 0.05) is 13.2 Å². The second-order valence-electron chi connectivity index (χ2n) is 2.91. The first-order chi connectivity index (χ1) is 5.49. The molecule has 0 aliphatic heterocycles. The molecule has 0 heterocycles. The van der Waals surface area contributed by atoms with Crippen molar-refractivity contribution in [2.24, 2.45) is 5.92 Å². The summed E-state index contributed by atoms with van der Waals surface area (Å²) in [6, 6.07) is 0. The van der Waals surface area contributed by atoms with Crippen molar-refractivity contribution >= 4 is 10.0 Å². The number of nitrogens with one attached hydrogen (secondary N) is 1. The van der Waals surface area contributed by atoms with Crippen molar-refractivity contribution in [2.45, 2.75) is 19.8 Å². The third kappa shape index (κ3) is 6.57. The van der Waals surface area contributed by atoms with Crippen LogP contribution in [0.1, 0.15) is 19.8 Å². The fourth-order valence-corrected chi connectivity index (χ4v) is 1.44. The summed E-state index contributed by atoms with van der Waals surface area (Å²) in [5, 5.41) is 8.62. The summed E-state index contributed by atoms with van der Waals surface area (Å²) in [7, 11) is -3.08. The van der Waals surface area contributed by atoms with Crippen LogP contribution in [-0.4, -0.2) is 32.9 Å². The first-order valence-corrected chi connectivity index (χ1v) is 5.94. The lowest BCUT2D eigenvalue weighted by Gasteiger charge is -2.12. The molecule has 0 bridgehead atoms. The SMILES string of the molecule is CCC(CCO)CNS(C)(=O)=O. The van der Waals surface area contributed by atoms with Gasteiger partial charge in [0.05, 0.1) is 6.26 Å². The van der Waals surface area contributed by atoms with E-state index >= 15 is 0 Å². The van der Waals surface area contributed by atoms with Crippen LogP contribution in [0, 0.1) is 5.92 Å². The molecule has 0 aliphatic carbocycles. The van der Waals surface area contributed by atoms with Crippen LogP contribution in [0.15, 0.2) is 0 Å². The lowest BCUT2D eigenvalue weighted by atomic mass is 10.0. The van der Waals surface area contributed by atoms with Crippen molar-refractivity contribution in [2.75, 3.05) is 19.4 Å². The van der Waals surface area contributed by atoms with E-state index in [1.54, 1.807) is 0 Å². The molecule has 4 nitrogen and oxygen atoms in total. The summed E-state index contributed by atoms with van der Waals surface area (Å²) in [6.07, 6.45) is 2.67. The van der Waals surface area contributed by atoms with E-state index in [2.05, 4.69) is 4.72 Å². The van der Waals surface area contributed by atoms with E-state index in [1.165, 1.54) is 0 Å². The van der Waals surface area contributed by atoms with Gasteiger partial charge in [-0.25, -0.2) is 13.1 Å². The number of aliphatic hydroxyl groups is 1. The monoisotopic (exact) mass is 195 g/mol. The Labute approximate surface area is 74.0 Å². The Balaban J connectivity index is 3.73. The van der Waals surface area contributed by atoms with E-state index in [0.29, 0.717) is 13.0 Å². The molecule has 0 aromatic rings. The van der Waals surface area contributed by atoms with Crippen LogP contribution in [0.5, 0.6) is 0 Å². The first kappa shape index (κ1) is 11.9. The van der Waals surface area contributed by atoms with Crippen LogP contribution >= 0.6 is 0 Å². The summed E-state index contributed by atoms with van der Waals surface area (Å²) in [5.41, 5.74) is 0. The molecule has 1 unspecified atom stereocenters. The molecule has 0 aromatic heterocycles. The highest BCUT2D eigenvalue weighted by molar-refractivity contribution is 7.88. The Morgan fingerprint density at radius 3 is 2.42 bits per heavy atom. The van der Waals surface area contributed by atoms with E-state index in [0.717, 1.165) is 12.7 Å². The summed E-state index contributed by atoms with van der Waals surface area (Å²) in [5.74, 6) is 0.240. The quantitative estimate of drug-likeness (QED) is 0.624. The minimum absolute atomic E-state index is 0.115. The Morgan fingerprint density at radius 2 is 2.08 bits per heavy atom. The van der Waals surface area contributed by atoms with Gasteiger partial charge in [-0.2, -0.15) is 0 Å². The van der Waals surface area contributed by atoms with Gasteiger partial charge >= 0.3 is 0 Å². The summed E-state index contributed by atoms with van der Waals surface area (Å²) in [4.78, 5) is 0. The summed E-state index contributed by atoms with van der Waals surface area (Å²) in [6.45, 7) is 2.52. The Kier molecular flexibility index (Phi) is 5.44. The minimum Gasteiger partial charge on any atom is -0.396 e. The molecule has 12 heavy (non-hydrogen) atoms. The third-order valence-corrected chi connectivity index (χ3v) is 2.44. The van der Waals surface area contributed by atoms with E-state index in [1.807, 2.05) is 6.92 Å². The molecule has 0 aromatic carbocycles. The maximum absolute atomic E-state index is 10.7. The van der Waals surface area contributed by atoms with Crippen LogP contribution in [-0.2, 0) is 10.0 Å². The zero-order valence-corrected chi connectivity index (χ0v) is 8.39. The van der Waals surface area contributed by atoms with Crippen molar-refractivity contribution in [1.82, 2.24) is 4.72 Å². The number of rotatable bonds is 6. The van der Waals surface area contributed by atoms with E-state index in [4.69, 9.17) is 5.11 Å². The Morgan fingerprint density at radius 1 is 1.50 bits per heavy atom. The van der Waals surface area contributed by atoms with Crippen LogP contribution in [0.25, 0.3) is 0 Å². The van der Waals surface area contributed by atoms with Gasteiger partial charge < -0.3 is 5.11 Å². The predicted octanol–water partition coefficient (Wildman–Crippen LogP) is -0.0558. The maximum Gasteiger partial charge on any atom is 0.208 e. The molecule has 0 aliphatic rings. The third-order valence-electron chi connectivity index (χ3n) is 1.75. The second kappa shape index (κ2) is 5.50. The van der Waals surface area contributed by atoms with E-state index in [9.17, 15) is 8.42 Å². The van der Waals surface area contributed by atoms with Crippen LogP contribution in [0.3, 0.4) is 0 Å². The molecular weight excluding hydrogens is 178 g/mol. The molecule has 0 saturated heterocycles. The van der Waals surface area contributed by atoms with Crippen LogP contribution in [0.2, 0.25) is 0 Å². The van der Waals surface area contributed by atoms with Crippen LogP contribution < -0.4 is 4.72 Å². The van der Waals surface area contributed by atoms with Gasteiger partial charge in [-0.15, -0.1) is 0 Å². The highest BCUT2D eigenvalue weighted by Gasteiger charge is 2.08. The van der Waals surface area contributed by atoms with Crippen molar-refractivity contribution in [1.29, 1.82) is 0 Å². The summed E-state index contributed by atoms with van der Waals surface area (Å²) < 4.78 is 23.8. The molecule has 0 rings (SSSR count). The fourth-order valence-electron chi connectivity index (χ4n) is 0.902. The topological polar surface area (TPSA) is 66.4 Å². The van der Waals surface area contributed by atoms with Crippen molar-refractivity contribution in [3.8, 4) is 0 Å². The molecular formula is C7H17NO3S. The predicted molar refractivity (Wildman–Crippen MR) is 48.3 cm³/mol. The average Bonchev–Trinajstić information content (AvgIpc) is 1.96. The zero-order chi connectivity index (χ0) is 9.61. The largest absolute Gasteiger partial charge is 0.396 e. The maximum atomic E-state index is 10.7. The first-order valence-electron chi connectivity index (χ1n) is 4.05. The molecule has 0 radical (unpaired) electrons. The molecule has 74 valence electrons. The van der Waals surface area contributed by atoms with Crippen LogP contribution in [0.4, 0.5) is 0 Å². The van der Waals surface area contributed by atoms with Gasteiger partial charge in [-0.05, 0) is 12.3 Å². The van der Waals surface area contributed by atoms with Crippen molar-refractivity contribution in [3.63, 3.8) is 0 Å². The Bertz CT molecular complexity index is 201. The van der Waals surface area contributed by atoms with Gasteiger partial charge in [-0.1, -0.05) is 13.3 Å². The van der Waals surface area contributed by atoms with E-state index < -0.39 is 10.0 Å². The highest BCUT2D eigenvalue weighted by atomic mass is 32.2. The molecule has 0 fully saturated rings. The minimum atomic E-state index is -3.08. The normalized spacial score (nSPS) is 14.6. The molecule has 2 N–H and O–H groups in total. The van der Waals surface area contributed by atoms with Gasteiger partial charge in [0.25, 0.3) is 0 Å². The van der Waals surface area contributed by atoms with E-state index in [-0.39, 0.29) is 12.5 Å². The van der Waals surface area contributed by atoms with Gasteiger partial charge in [0.1, 0.15) is 0 Å². The average molecular weight is 195 g/mol. The van der Waals surface area contributed by atoms with Gasteiger partial charge in [0.15, 0.2) is 0 Å².